The lowest BCUT2D eigenvalue weighted by Crippen LogP contribution is -2.59. The third-order valence-corrected chi connectivity index (χ3v) is 4.13. The fourth-order valence-corrected chi connectivity index (χ4v) is 2.91. The largest absolute Gasteiger partial charge is 0.300 e. The Labute approximate surface area is 93.1 Å². The van der Waals surface area contributed by atoms with Gasteiger partial charge in [0.25, 0.3) is 0 Å². The molecule has 0 aromatic carbocycles. The first-order chi connectivity index (χ1) is 6.52. The van der Waals surface area contributed by atoms with Gasteiger partial charge in [0.05, 0.1) is 0 Å². The van der Waals surface area contributed by atoms with Crippen LogP contribution < -0.4 is 0 Å². The van der Waals surface area contributed by atoms with Crippen LogP contribution in [0.3, 0.4) is 0 Å². The van der Waals surface area contributed by atoms with Gasteiger partial charge in [-0.05, 0) is 33.7 Å². The van der Waals surface area contributed by atoms with Crippen molar-refractivity contribution in [3.63, 3.8) is 0 Å². The Balaban J connectivity index is 1.86. The van der Waals surface area contributed by atoms with Crippen LogP contribution >= 0.6 is 12.6 Å². The number of rotatable bonds is 2. The van der Waals surface area contributed by atoms with Crippen molar-refractivity contribution < 1.29 is 0 Å². The van der Waals surface area contributed by atoms with E-state index in [0.717, 1.165) is 6.04 Å². The fraction of sp³-hybridized carbons (Fsp3) is 1.00. The molecule has 1 spiro atoms. The van der Waals surface area contributed by atoms with E-state index >= 15 is 0 Å². The summed E-state index contributed by atoms with van der Waals surface area (Å²) in [6.45, 7) is 11.9. The van der Waals surface area contributed by atoms with Gasteiger partial charge in [-0.2, -0.15) is 12.6 Å². The molecule has 0 aromatic rings. The molecule has 2 aliphatic rings. The lowest BCUT2D eigenvalue weighted by Gasteiger charge is -2.50. The third-order valence-electron chi connectivity index (χ3n) is 3.80. The molecule has 0 bridgehead atoms. The van der Waals surface area contributed by atoms with E-state index in [1.165, 1.54) is 32.6 Å². The van der Waals surface area contributed by atoms with Crippen molar-refractivity contribution in [2.24, 2.45) is 5.41 Å². The van der Waals surface area contributed by atoms with E-state index in [1.54, 1.807) is 0 Å². The second-order valence-corrected chi connectivity index (χ2v) is 6.10. The van der Waals surface area contributed by atoms with Gasteiger partial charge >= 0.3 is 0 Å². The second kappa shape index (κ2) is 3.69. The van der Waals surface area contributed by atoms with Crippen LogP contribution in [0.1, 0.15) is 27.2 Å². The Morgan fingerprint density at radius 3 is 2.07 bits per heavy atom. The fourth-order valence-electron chi connectivity index (χ4n) is 2.75. The SMILES string of the molecule is CC(C)N1CCC2(C1)CN(C(C)S)C2. The molecule has 82 valence electrons. The van der Waals surface area contributed by atoms with Crippen LogP contribution in [0.15, 0.2) is 0 Å². The molecular formula is C11H22N2S. The summed E-state index contributed by atoms with van der Waals surface area (Å²) in [6.07, 6.45) is 1.39. The molecule has 0 aromatic heterocycles. The molecule has 0 N–H and O–H groups in total. The zero-order chi connectivity index (χ0) is 10.3. The van der Waals surface area contributed by atoms with Crippen LogP contribution in [0, 0.1) is 5.41 Å². The van der Waals surface area contributed by atoms with Crippen molar-refractivity contribution in [2.45, 2.75) is 38.6 Å². The van der Waals surface area contributed by atoms with Crippen LogP contribution in [0.25, 0.3) is 0 Å². The normalized spacial score (nSPS) is 29.8. The molecule has 2 saturated heterocycles. The Hall–Kier alpha value is 0.270. The Morgan fingerprint density at radius 2 is 1.64 bits per heavy atom. The highest BCUT2D eigenvalue weighted by Gasteiger charge is 2.48. The number of hydrogen-bond acceptors (Lipinski definition) is 3. The molecular weight excluding hydrogens is 192 g/mol. The van der Waals surface area contributed by atoms with E-state index < -0.39 is 0 Å². The smallest absolute Gasteiger partial charge is 0.0499 e. The number of likely N-dealkylation sites (tertiary alicyclic amines) is 2. The molecule has 1 unspecified atom stereocenters. The highest BCUT2D eigenvalue weighted by atomic mass is 32.1. The van der Waals surface area contributed by atoms with Crippen LogP contribution in [-0.4, -0.2) is 47.4 Å². The van der Waals surface area contributed by atoms with E-state index in [9.17, 15) is 0 Å². The number of nitrogens with zero attached hydrogens (tertiary/aromatic N) is 2. The minimum absolute atomic E-state index is 0.439. The van der Waals surface area contributed by atoms with E-state index in [-0.39, 0.29) is 0 Å². The van der Waals surface area contributed by atoms with Crippen molar-refractivity contribution in [1.29, 1.82) is 0 Å². The molecule has 2 rings (SSSR count). The molecule has 14 heavy (non-hydrogen) atoms. The summed E-state index contributed by atoms with van der Waals surface area (Å²) in [5, 5.41) is 0.439. The lowest BCUT2D eigenvalue weighted by atomic mass is 9.79. The molecule has 0 saturated carbocycles. The molecule has 1 atom stereocenters. The minimum Gasteiger partial charge on any atom is -0.300 e. The van der Waals surface area contributed by atoms with Crippen molar-refractivity contribution in [1.82, 2.24) is 9.80 Å². The predicted molar refractivity (Wildman–Crippen MR) is 63.8 cm³/mol. The quantitative estimate of drug-likeness (QED) is 0.699. The molecule has 0 radical (unpaired) electrons. The van der Waals surface area contributed by atoms with Crippen LogP contribution in [0.2, 0.25) is 0 Å². The average Bonchev–Trinajstić information content (AvgIpc) is 2.44. The summed E-state index contributed by atoms with van der Waals surface area (Å²) >= 11 is 4.48. The van der Waals surface area contributed by atoms with Crippen molar-refractivity contribution in [2.75, 3.05) is 26.2 Å². The Morgan fingerprint density at radius 1 is 1.07 bits per heavy atom. The lowest BCUT2D eigenvalue weighted by molar-refractivity contribution is 0.00222. The van der Waals surface area contributed by atoms with Crippen molar-refractivity contribution in [3.05, 3.63) is 0 Å². The highest BCUT2D eigenvalue weighted by molar-refractivity contribution is 7.80. The molecule has 2 nitrogen and oxygen atoms in total. The summed E-state index contributed by atoms with van der Waals surface area (Å²) < 4.78 is 0. The molecule has 2 aliphatic heterocycles. The summed E-state index contributed by atoms with van der Waals surface area (Å²) in [4.78, 5) is 5.08. The molecule has 3 heteroatoms. The average molecular weight is 214 g/mol. The summed E-state index contributed by atoms with van der Waals surface area (Å²) in [5.74, 6) is 0. The van der Waals surface area contributed by atoms with Gasteiger partial charge in [-0.3, -0.25) is 4.90 Å². The van der Waals surface area contributed by atoms with Gasteiger partial charge in [-0.15, -0.1) is 0 Å². The maximum atomic E-state index is 4.48. The zero-order valence-corrected chi connectivity index (χ0v) is 10.4. The predicted octanol–water partition coefficient (Wildman–Crippen LogP) is 1.68. The maximum Gasteiger partial charge on any atom is 0.0499 e. The first kappa shape index (κ1) is 10.8. The second-order valence-electron chi connectivity index (χ2n) is 5.35. The standard InChI is InChI=1S/C11H22N2S/c1-9(2)12-5-4-11(6-12)7-13(8-11)10(3)14/h9-10,14H,4-8H2,1-3H3. The summed E-state index contributed by atoms with van der Waals surface area (Å²) in [5.41, 5.74) is 0.626. The van der Waals surface area contributed by atoms with E-state index in [4.69, 9.17) is 0 Å². The topological polar surface area (TPSA) is 6.48 Å². The van der Waals surface area contributed by atoms with Gasteiger partial charge in [-0.1, -0.05) is 0 Å². The third kappa shape index (κ3) is 1.82. The van der Waals surface area contributed by atoms with E-state index in [0.29, 0.717) is 10.8 Å². The van der Waals surface area contributed by atoms with Crippen LogP contribution in [-0.2, 0) is 0 Å². The minimum atomic E-state index is 0.439. The monoisotopic (exact) mass is 214 g/mol. The zero-order valence-electron chi connectivity index (χ0n) is 9.53. The number of thiol groups is 1. The molecule has 0 aliphatic carbocycles. The molecule has 2 heterocycles. The first-order valence-corrected chi connectivity index (χ1v) is 6.20. The van der Waals surface area contributed by atoms with Crippen LogP contribution in [0.4, 0.5) is 0 Å². The van der Waals surface area contributed by atoms with Gasteiger partial charge in [-0.25, -0.2) is 0 Å². The summed E-state index contributed by atoms with van der Waals surface area (Å²) in [7, 11) is 0. The van der Waals surface area contributed by atoms with Gasteiger partial charge < -0.3 is 4.90 Å². The van der Waals surface area contributed by atoms with Gasteiger partial charge in [0.15, 0.2) is 0 Å². The first-order valence-electron chi connectivity index (χ1n) is 5.69. The Bertz CT molecular complexity index is 209. The van der Waals surface area contributed by atoms with Gasteiger partial charge in [0.2, 0.25) is 0 Å². The molecule has 0 amide bonds. The van der Waals surface area contributed by atoms with E-state index in [1.807, 2.05) is 0 Å². The van der Waals surface area contributed by atoms with Crippen molar-refractivity contribution in [3.8, 4) is 0 Å². The highest BCUT2D eigenvalue weighted by Crippen LogP contribution is 2.41. The van der Waals surface area contributed by atoms with Gasteiger partial charge in [0, 0.05) is 36.5 Å². The van der Waals surface area contributed by atoms with Crippen LogP contribution in [0.5, 0.6) is 0 Å². The summed E-state index contributed by atoms with van der Waals surface area (Å²) in [6, 6.07) is 0.719. The van der Waals surface area contributed by atoms with Crippen molar-refractivity contribution >= 4 is 12.6 Å². The molecule has 2 fully saturated rings. The Kier molecular flexibility index (Phi) is 2.84. The number of hydrogen-bond donors (Lipinski definition) is 1. The van der Waals surface area contributed by atoms with Gasteiger partial charge in [0.1, 0.15) is 0 Å². The maximum absolute atomic E-state index is 4.48. The van der Waals surface area contributed by atoms with E-state index in [2.05, 4.69) is 43.2 Å².